The van der Waals surface area contributed by atoms with Crippen molar-refractivity contribution in [1.29, 1.82) is 0 Å². The highest BCUT2D eigenvalue weighted by molar-refractivity contribution is 14.0. The number of nitrogens with one attached hydrogen (secondary N) is 2. The Hall–Kier alpha value is -1.05. The first-order valence-electron chi connectivity index (χ1n) is 8.73. The molecule has 24 heavy (non-hydrogen) atoms. The van der Waals surface area contributed by atoms with Crippen molar-refractivity contribution >= 4 is 35.8 Å². The number of hydrogen-bond donors (Lipinski definition) is 2. The van der Waals surface area contributed by atoms with Crippen LogP contribution in [0.3, 0.4) is 0 Å². The Morgan fingerprint density at radius 2 is 2.00 bits per heavy atom. The Labute approximate surface area is 163 Å². The van der Waals surface area contributed by atoms with Crippen molar-refractivity contribution in [2.75, 3.05) is 31.6 Å². The second-order valence-corrected chi connectivity index (χ2v) is 6.89. The lowest BCUT2D eigenvalue weighted by molar-refractivity contribution is 0.436. The molecule has 1 saturated heterocycles. The molecule has 2 N–H and O–H groups in total. The highest BCUT2D eigenvalue weighted by atomic mass is 127. The van der Waals surface area contributed by atoms with Crippen LogP contribution in [0.5, 0.6) is 0 Å². The predicted octanol–water partition coefficient (Wildman–Crippen LogP) is 3.26. The molecule has 1 aromatic rings. The van der Waals surface area contributed by atoms with Gasteiger partial charge in [-0.15, -0.1) is 24.0 Å². The van der Waals surface area contributed by atoms with E-state index >= 15 is 0 Å². The zero-order valence-electron chi connectivity index (χ0n) is 15.4. The van der Waals surface area contributed by atoms with Gasteiger partial charge in [0.05, 0.1) is 0 Å². The number of nitrogens with zero attached hydrogens (tertiary/aromatic N) is 3. The van der Waals surface area contributed by atoms with E-state index in [2.05, 4.69) is 58.4 Å². The number of pyridine rings is 1. The molecule has 0 atom stereocenters. The highest BCUT2D eigenvalue weighted by Gasteiger charge is 2.16. The first-order chi connectivity index (χ1) is 11.1. The molecule has 0 amide bonds. The van der Waals surface area contributed by atoms with Crippen LogP contribution in [0.1, 0.15) is 39.2 Å². The molecule has 1 aromatic heterocycles. The summed E-state index contributed by atoms with van der Waals surface area (Å²) in [6.45, 7) is 10.6. The Morgan fingerprint density at radius 1 is 1.29 bits per heavy atom. The third-order valence-corrected chi connectivity index (χ3v) is 4.28. The van der Waals surface area contributed by atoms with Gasteiger partial charge in [-0.1, -0.05) is 26.8 Å². The van der Waals surface area contributed by atoms with Crippen LogP contribution in [0, 0.1) is 11.8 Å². The number of aliphatic imine (C=N–C) groups is 1. The molecule has 2 heterocycles. The van der Waals surface area contributed by atoms with Crippen LogP contribution in [0.2, 0.25) is 0 Å². The third kappa shape index (κ3) is 6.83. The van der Waals surface area contributed by atoms with Crippen LogP contribution in [-0.2, 0) is 6.54 Å². The van der Waals surface area contributed by atoms with Crippen LogP contribution in [0.4, 0.5) is 5.82 Å². The van der Waals surface area contributed by atoms with Crippen molar-refractivity contribution in [2.45, 2.75) is 40.2 Å². The van der Waals surface area contributed by atoms with Crippen LogP contribution in [0.25, 0.3) is 0 Å². The average molecular weight is 445 g/mol. The van der Waals surface area contributed by atoms with Crippen LogP contribution in [-0.4, -0.2) is 37.6 Å². The molecule has 5 nitrogen and oxygen atoms in total. The molecule has 1 aliphatic rings. The third-order valence-electron chi connectivity index (χ3n) is 4.28. The van der Waals surface area contributed by atoms with Crippen LogP contribution in [0.15, 0.2) is 23.3 Å². The van der Waals surface area contributed by atoms with Crippen molar-refractivity contribution in [3.05, 3.63) is 23.9 Å². The lowest BCUT2D eigenvalue weighted by Gasteiger charge is -2.31. The van der Waals surface area contributed by atoms with Crippen LogP contribution < -0.4 is 15.5 Å². The Balaban J connectivity index is 0.00000288. The van der Waals surface area contributed by atoms with E-state index in [0.717, 1.165) is 43.9 Å². The summed E-state index contributed by atoms with van der Waals surface area (Å²) in [6, 6.07) is 4.29. The lowest BCUT2D eigenvalue weighted by Crippen LogP contribution is -2.38. The van der Waals surface area contributed by atoms with Gasteiger partial charge in [0.15, 0.2) is 5.96 Å². The van der Waals surface area contributed by atoms with Gasteiger partial charge in [-0.05, 0) is 36.3 Å². The maximum Gasteiger partial charge on any atom is 0.191 e. The quantitative estimate of drug-likeness (QED) is 0.415. The summed E-state index contributed by atoms with van der Waals surface area (Å²) >= 11 is 0. The summed E-state index contributed by atoms with van der Waals surface area (Å²) < 4.78 is 0. The van der Waals surface area contributed by atoms with Crippen molar-refractivity contribution < 1.29 is 0 Å². The summed E-state index contributed by atoms with van der Waals surface area (Å²) in [5.74, 6) is 3.39. The molecule has 0 aromatic carbocycles. The molecule has 0 unspecified atom stereocenters. The zero-order chi connectivity index (χ0) is 16.7. The Bertz CT molecular complexity index is 493. The van der Waals surface area contributed by atoms with E-state index in [1.165, 1.54) is 18.4 Å². The molecule has 0 spiro atoms. The van der Waals surface area contributed by atoms with Gasteiger partial charge in [0.2, 0.25) is 0 Å². The van der Waals surface area contributed by atoms with Crippen molar-refractivity contribution in [1.82, 2.24) is 15.6 Å². The summed E-state index contributed by atoms with van der Waals surface area (Å²) in [6.07, 6.45) is 4.50. The van der Waals surface area contributed by atoms with Gasteiger partial charge in [-0.3, -0.25) is 4.99 Å². The zero-order valence-corrected chi connectivity index (χ0v) is 17.7. The van der Waals surface area contributed by atoms with Crippen molar-refractivity contribution in [3.63, 3.8) is 0 Å². The maximum atomic E-state index is 4.63. The van der Waals surface area contributed by atoms with E-state index in [4.69, 9.17) is 0 Å². The van der Waals surface area contributed by atoms with E-state index in [1.807, 2.05) is 6.20 Å². The van der Waals surface area contributed by atoms with Gasteiger partial charge in [0.25, 0.3) is 0 Å². The van der Waals surface area contributed by atoms with Gasteiger partial charge in [0, 0.05) is 39.4 Å². The SMILES string of the molecule is CN=C(NCc1ccc(N2CCC(C)CC2)nc1)NCC(C)C.I. The monoisotopic (exact) mass is 445 g/mol. The fraction of sp³-hybridized carbons (Fsp3) is 0.667. The second-order valence-electron chi connectivity index (χ2n) is 6.89. The molecular weight excluding hydrogens is 413 g/mol. The first-order valence-corrected chi connectivity index (χ1v) is 8.73. The van der Waals surface area contributed by atoms with E-state index in [-0.39, 0.29) is 24.0 Å². The summed E-state index contributed by atoms with van der Waals surface area (Å²) in [5, 5.41) is 6.65. The topological polar surface area (TPSA) is 52.6 Å². The van der Waals surface area contributed by atoms with E-state index < -0.39 is 0 Å². The van der Waals surface area contributed by atoms with Gasteiger partial charge >= 0.3 is 0 Å². The van der Waals surface area contributed by atoms with Gasteiger partial charge in [0.1, 0.15) is 5.82 Å². The number of rotatable bonds is 5. The van der Waals surface area contributed by atoms with Crippen molar-refractivity contribution in [3.8, 4) is 0 Å². The summed E-state index contributed by atoms with van der Waals surface area (Å²) in [4.78, 5) is 11.3. The summed E-state index contributed by atoms with van der Waals surface area (Å²) in [7, 11) is 1.80. The largest absolute Gasteiger partial charge is 0.357 e. The molecule has 0 saturated carbocycles. The Kier molecular flexibility index (Phi) is 9.39. The molecule has 0 aliphatic carbocycles. The number of hydrogen-bond acceptors (Lipinski definition) is 3. The number of aromatic nitrogens is 1. The van der Waals surface area contributed by atoms with Gasteiger partial charge in [-0.25, -0.2) is 4.98 Å². The van der Waals surface area contributed by atoms with Crippen LogP contribution >= 0.6 is 24.0 Å². The molecular formula is C18H32IN5. The van der Waals surface area contributed by atoms with Gasteiger partial charge < -0.3 is 15.5 Å². The van der Waals surface area contributed by atoms with E-state index in [9.17, 15) is 0 Å². The molecule has 0 bridgehead atoms. The minimum Gasteiger partial charge on any atom is -0.357 e. The minimum atomic E-state index is 0. The molecule has 0 radical (unpaired) electrons. The standard InChI is InChI=1S/C18H31N5.HI/c1-14(2)11-21-18(19-4)22-13-16-5-6-17(20-12-16)23-9-7-15(3)8-10-23;/h5-6,12,14-15H,7-11,13H2,1-4H3,(H2,19,21,22);1H. The van der Waals surface area contributed by atoms with E-state index in [1.54, 1.807) is 7.05 Å². The lowest BCUT2D eigenvalue weighted by atomic mass is 9.99. The Morgan fingerprint density at radius 3 is 2.54 bits per heavy atom. The molecule has 2 rings (SSSR count). The highest BCUT2D eigenvalue weighted by Crippen LogP contribution is 2.21. The fourth-order valence-corrected chi connectivity index (χ4v) is 2.65. The van der Waals surface area contributed by atoms with E-state index in [0.29, 0.717) is 5.92 Å². The fourth-order valence-electron chi connectivity index (χ4n) is 2.65. The predicted molar refractivity (Wildman–Crippen MR) is 113 cm³/mol. The number of piperidine rings is 1. The van der Waals surface area contributed by atoms with Gasteiger partial charge in [-0.2, -0.15) is 0 Å². The average Bonchev–Trinajstić information content (AvgIpc) is 2.56. The number of guanidine groups is 1. The molecule has 6 heteroatoms. The molecule has 1 aliphatic heterocycles. The first kappa shape index (κ1) is 21.0. The number of anilines is 1. The molecule has 136 valence electrons. The minimum absolute atomic E-state index is 0. The maximum absolute atomic E-state index is 4.63. The second kappa shape index (κ2) is 10.7. The number of halogens is 1. The normalized spacial score (nSPS) is 16.0. The van der Waals surface area contributed by atoms with Crippen molar-refractivity contribution in [2.24, 2.45) is 16.8 Å². The molecule has 1 fully saturated rings. The summed E-state index contributed by atoms with van der Waals surface area (Å²) in [5.41, 5.74) is 1.17. The smallest absolute Gasteiger partial charge is 0.191 e.